The highest BCUT2D eigenvalue weighted by atomic mass is 16.6. The maximum Gasteiger partial charge on any atom is 0.412 e. The molecule has 2 heterocycles. The molecule has 0 bridgehead atoms. The molecule has 0 radical (unpaired) electrons. The van der Waals surface area contributed by atoms with E-state index in [1.807, 2.05) is 0 Å². The van der Waals surface area contributed by atoms with E-state index in [1.54, 1.807) is 4.90 Å². The number of rotatable bonds is 2. The number of benzene rings is 1. The summed E-state index contributed by atoms with van der Waals surface area (Å²) >= 11 is 0. The summed E-state index contributed by atoms with van der Waals surface area (Å²) in [6.07, 6.45) is 1.57. The zero-order chi connectivity index (χ0) is 12.5. The molecule has 0 saturated carbocycles. The molecule has 18 heavy (non-hydrogen) atoms. The van der Waals surface area contributed by atoms with Crippen LogP contribution in [0.5, 0.6) is 0 Å². The highest BCUT2D eigenvalue weighted by molar-refractivity contribution is 5.69. The topological polar surface area (TPSA) is 38.8 Å². The van der Waals surface area contributed by atoms with Gasteiger partial charge in [-0.05, 0) is 25.3 Å². The fourth-order valence-corrected chi connectivity index (χ4v) is 2.54. The van der Waals surface area contributed by atoms with Crippen molar-refractivity contribution in [1.82, 2.24) is 4.90 Å². The van der Waals surface area contributed by atoms with Crippen molar-refractivity contribution in [2.45, 2.75) is 32.1 Å². The quantitative estimate of drug-likeness (QED) is 0.806. The van der Waals surface area contributed by atoms with Crippen molar-refractivity contribution < 1.29 is 14.3 Å². The van der Waals surface area contributed by atoms with E-state index in [1.165, 1.54) is 11.1 Å². The predicted molar refractivity (Wildman–Crippen MR) is 66.1 cm³/mol. The summed E-state index contributed by atoms with van der Waals surface area (Å²) in [5.41, 5.74) is 2.44. The molecule has 1 amide bonds. The predicted octanol–water partition coefficient (Wildman–Crippen LogP) is 2.62. The number of hydrogen-bond acceptors (Lipinski definition) is 3. The molecule has 2 unspecified atom stereocenters. The van der Waals surface area contributed by atoms with Gasteiger partial charge in [-0.2, -0.15) is 0 Å². The molecule has 4 heteroatoms. The molecule has 3 rings (SSSR count). The first-order chi connectivity index (χ1) is 8.74. The Balaban J connectivity index is 1.68. The Bertz CT molecular complexity index is 443. The number of carbonyl (C=O) groups is 1. The van der Waals surface area contributed by atoms with Gasteiger partial charge in [0.1, 0.15) is 12.8 Å². The summed E-state index contributed by atoms with van der Waals surface area (Å²) < 4.78 is 10.9. The number of hydrogen-bond donors (Lipinski definition) is 0. The minimum Gasteiger partial charge on any atom is -0.447 e. The average Bonchev–Trinajstić information content (AvgIpc) is 2.98. The van der Waals surface area contributed by atoms with E-state index < -0.39 is 0 Å². The Morgan fingerprint density at radius 3 is 2.67 bits per heavy atom. The van der Waals surface area contributed by atoms with Crippen LogP contribution >= 0.6 is 0 Å². The third kappa shape index (κ3) is 2.08. The highest BCUT2D eigenvalue weighted by Gasteiger charge is 2.36. The second kappa shape index (κ2) is 4.61. The summed E-state index contributed by atoms with van der Waals surface area (Å²) in [6.45, 7) is 3.19. The van der Waals surface area contributed by atoms with Gasteiger partial charge in [-0.1, -0.05) is 29.8 Å². The van der Waals surface area contributed by atoms with E-state index in [0.717, 1.165) is 12.8 Å². The summed E-state index contributed by atoms with van der Waals surface area (Å²) in [5, 5.41) is 0. The molecule has 1 aromatic carbocycles. The second-order valence-corrected chi connectivity index (χ2v) is 4.88. The Labute approximate surface area is 106 Å². The standard InChI is InChI=1S/C14H17NO3/c1-10-2-4-11(5-3-10)12-6-7-13(18-12)15-8-9-17-14(15)16/h2-5,12-13H,6-9H2,1H3. The lowest BCUT2D eigenvalue weighted by Gasteiger charge is -2.21. The first-order valence-electron chi connectivity index (χ1n) is 6.39. The van der Waals surface area contributed by atoms with Gasteiger partial charge in [0.15, 0.2) is 0 Å². The van der Waals surface area contributed by atoms with Crippen molar-refractivity contribution >= 4 is 6.09 Å². The van der Waals surface area contributed by atoms with E-state index >= 15 is 0 Å². The third-order valence-electron chi connectivity index (χ3n) is 3.59. The zero-order valence-corrected chi connectivity index (χ0v) is 10.5. The molecule has 0 N–H and O–H groups in total. The number of carbonyl (C=O) groups excluding carboxylic acids is 1. The van der Waals surface area contributed by atoms with Gasteiger partial charge in [-0.25, -0.2) is 4.79 Å². The Kier molecular flexibility index (Phi) is 2.96. The number of nitrogens with zero attached hydrogens (tertiary/aromatic N) is 1. The number of cyclic esters (lactones) is 1. The smallest absolute Gasteiger partial charge is 0.412 e. The lowest BCUT2D eigenvalue weighted by Crippen LogP contribution is -2.35. The van der Waals surface area contributed by atoms with Gasteiger partial charge in [-0.3, -0.25) is 4.90 Å². The van der Waals surface area contributed by atoms with Gasteiger partial charge in [-0.15, -0.1) is 0 Å². The summed E-state index contributed by atoms with van der Waals surface area (Å²) in [5.74, 6) is 0. The zero-order valence-electron chi connectivity index (χ0n) is 10.5. The minimum atomic E-state index is -0.246. The molecule has 2 aliphatic heterocycles. The van der Waals surface area contributed by atoms with E-state index in [2.05, 4.69) is 31.2 Å². The summed E-state index contributed by atoms with van der Waals surface area (Å²) in [7, 11) is 0. The first-order valence-corrected chi connectivity index (χ1v) is 6.39. The lowest BCUT2D eigenvalue weighted by molar-refractivity contribution is -0.0301. The number of ether oxygens (including phenoxy) is 2. The van der Waals surface area contributed by atoms with Gasteiger partial charge >= 0.3 is 6.09 Å². The lowest BCUT2D eigenvalue weighted by atomic mass is 10.1. The molecule has 2 saturated heterocycles. The normalized spacial score (nSPS) is 27.6. The van der Waals surface area contributed by atoms with Crippen LogP contribution in [0.15, 0.2) is 24.3 Å². The number of amides is 1. The van der Waals surface area contributed by atoms with E-state index in [-0.39, 0.29) is 18.4 Å². The van der Waals surface area contributed by atoms with Crippen molar-refractivity contribution in [3.63, 3.8) is 0 Å². The molecule has 4 nitrogen and oxygen atoms in total. The molecule has 96 valence electrons. The monoisotopic (exact) mass is 247 g/mol. The molecule has 1 aromatic rings. The molecular formula is C14H17NO3. The SMILES string of the molecule is Cc1ccc(C2CCC(N3CCOC3=O)O2)cc1. The van der Waals surface area contributed by atoms with Crippen molar-refractivity contribution in [2.75, 3.05) is 13.2 Å². The Morgan fingerprint density at radius 2 is 2.00 bits per heavy atom. The molecule has 2 aliphatic rings. The van der Waals surface area contributed by atoms with Gasteiger partial charge in [0.05, 0.1) is 12.6 Å². The van der Waals surface area contributed by atoms with Crippen LogP contribution in [-0.2, 0) is 9.47 Å². The Morgan fingerprint density at radius 1 is 1.22 bits per heavy atom. The first kappa shape index (κ1) is 11.5. The third-order valence-corrected chi connectivity index (χ3v) is 3.59. The molecular weight excluding hydrogens is 230 g/mol. The second-order valence-electron chi connectivity index (χ2n) is 4.88. The molecule has 2 fully saturated rings. The Hall–Kier alpha value is -1.55. The van der Waals surface area contributed by atoms with Crippen molar-refractivity contribution in [2.24, 2.45) is 0 Å². The van der Waals surface area contributed by atoms with Crippen molar-refractivity contribution in [1.29, 1.82) is 0 Å². The van der Waals surface area contributed by atoms with Crippen LogP contribution in [-0.4, -0.2) is 30.4 Å². The van der Waals surface area contributed by atoms with Crippen LogP contribution in [0.25, 0.3) is 0 Å². The molecule has 0 aromatic heterocycles. The van der Waals surface area contributed by atoms with E-state index in [4.69, 9.17) is 9.47 Å². The maximum atomic E-state index is 11.5. The van der Waals surface area contributed by atoms with Crippen LogP contribution in [0.2, 0.25) is 0 Å². The van der Waals surface area contributed by atoms with Gasteiger partial charge in [0, 0.05) is 0 Å². The van der Waals surface area contributed by atoms with Gasteiger partial charge in [0.2, 0.25) is 0 Å². The molecule has 2 atom stereocenters. The van der Waals surface area contributed by atoms with Crippen LogP contribution in [0.3, 0.4) is 0 Å². The summed E-state index contributed by atoms with van der Waals surface area (Å²) in [4.78, 5) is 13.2. The van der Waals surface area contributed by atoms with Crippen molar-refractivity contribution in [3.8, 4) is 0 Å². The van der Waals surface area contributed by atoms with E-state index in [9.17, 15) is 4.79 Å². The van der Waals surface area contributed by atoms with Crippen LogP contribution in [0.4, 0.5) is 4.79 Å². The van der Waals surface area contributed by atoms with Gasteiger partial charge in [0.25, 0.3) is 0 Å². The number of aryl methyl sites for hydroxylation is 1. The minimum absolute atomic E-state index is 0.101. The molecule has 0 aliphatic carbocycles. The van der Waals surface area contributed by atoms with Crippen LogP contribution < -0.4 is 0 Å². The fraction of sp³-hybridized carbons (Fsp3) is 0.500. The highest BCUT2D eigenvalue weighted by Crippen LogP contribution is 2.34. The van der Waals surface area contributed by atoms with Crippen molar-refractivity contribution in [3.05, 3.63) is 35.4 Å². The van der Waals surface area contributed by atoms with Gasteiger partial charge < -0.3 is 9.47 Å². The van der Waals surface area contributed by atoms with Crippen LogP contribution in [0, 0.1) is 6.92 Å². The maximum absolute atomic E-state index is 11.5. The fourth-order valence-electron chi connectivity index (χ4n) is 2.54. The largest absolute Gasteiger partial charge is 0.447 e. The average molecular weight is 247 g/mol. The van der Waals surface area contributed by atoms with Crippen LogP contribution in [0.1, 0.15) is 30.1 Å². The molecule has 0 spiro atoms. The summed E-state index contributed by atoms with van der Waals surface area (Å²) in [6, 6.07) is 8.39. The van der Waals surface area contributed by atoms with E-state index in [0.29, 0.717) is 13.2 Å².